The first kappa shape index (κ1) is 14.1. The molecule has 3 rings (SSSR count). The topological polar surface area (TPSA) is 31.0 Å². The van der Waals surface area contributed by atoms with Gasteiger partial charge in [-0.3, -0.25) is 0 Å². The van der Waals surface area contributed by atoms with Gasteiger partial charge in [0, 0.05) is 0 Å². The molecule has 20 heavy (non-hydrogen) atoms. The largest absolute Gasteiger partial charge is 0.371 e. The van der Waals surface area contributed by atoms with Gasteiger partial charge in [-0.25, -0.2) is 0 Å². The minimum absolute atomic E-state index is 0.330. The van der Waals surface area contributed by atoms with Crippen molar-refractivity contribution in [3.8, 4) is 0 Å². The van der Waals surface area contributed by atoms with E-state index in [0.717, 1.165) is 19.4 Å². The van der Waals surface area contributed by atoms with Crippen molar-refractivity contribution >= 4 is 0 Å². The first-order valence-corrected chi connectivity index (χ1v) is 7.69. The van der Waals surface area contributed by atoms with E-state index in [1.54, 1.807) is 0 Å². The Bertz CT molecular complexity index is 403. The summed E-state index contributed by atoms with van der Waals surface area (Å²) in [6.07, 6.45) is 5.43. The molecule has 2 aliphatic rings. The molecule has 1 aromatic rings. The lowest BCUT2D eigenvalue weighted by Gasteiger charge is -2.28. The van der Waals surface area contributed by atoms with E-state index < -0.39 is 0 Å². The van der Waals surface area contributed by atoms with Crippen molar-refractivity contribution in [2.45, 2.75) is 50.7 Å². The predicted octanol–water partition coefficient (Wildman–Crippen LogP) is 3.41. The standard InChI is InChI=1S/C17H24O3/c1-13-2-4-14(5-3-13)15-6-8-16(9-7-15)20-12-18-10-17-11-19-17/h2-5,15-17H,6-12H2,1H3. The maximum atomic E-state index is 5.79. The maximum Gasteiger partial charge on any atom is 0.147 e. The van der Waals surface area contributed by atoms with Gasteiger partial charge in [-0.2, -0.15) is 0 Å². The van der Waals surface area contributed by atoms with Crippen molar-refractivity contribution in [1.29, 1.82) is 0 Å². The molecule has 1 atom stereocenters. The molecule has 1 aliphatic carbocycles. The lowest BCUT2D eigenvalue weighted by atomic mass is 9.82. The summed E-state index contributed by atoms with van der Waals surface area (Å²) in [6, 6.07) is 8.98. The second-order valence-electron chi connectivity index (χ2n) is 5.99. The zero-order valence-electron chi connectivity index (χ0n) is 12.2. The average Bonchev–Trinajstić information content (AvgIpc) is 3.29. The molecule has 1 aromatic carbocycles. The normalized spacial score (nSPS) is 29.4. The van der Waals surface area contributed by atoms with E-state index in [4.69, 9.17) is 14.2 Å². The van der Waals surface area contributed by atoms with E-state index in [-0.39, 0.29) is 0 Å². The maximum absolute atomic E-state index is 5.79. The zero-order valence-corrected chi connectivity index (χ0v) is 12.2. The van der Waals surface area contributed by atoms with Gasteiger partial charge in [0.25, 0.3) is 0 Å². The predicted molar refractivity (Wildman–Crippen MR) is 77.8 cm³/mol. The van der Waals surface area contributed by atoms with Gasteiger partial charge < -0.3 is 14.2 Å². The Hall–Kier alpha value is -0.900. The van der Waals surface area contributed by atoms with Crippen molar-refractivity contribution in [3.63, 3.8) is 0 Å². The fourth-order valence-electron chi connectivity index (χ4n) is 2.89. The Kier molecular flexibility index (Phi) is 4.71. The zero-order chi connectivity index (χ0) is 13.8. The smallest absolute Gasteiger partial charge is 0.147 e. The summed E-state index contributed by atoms with van der Waals surface area (Å²) in [5, 5.41) is 0. The van der Waals surface area contributed by atoms with E-state index in [2.05, 4.69) is 31.2 Å². The highest BCUT2D eigenvalue weighted by atomic mass is 16.7. The van der Waals surface area contributed by atoms with Gasteiger partial charge >= 0.3 is 0 Å². The molecular weight excluding hydrogens is 252 g/mol. The minimum atomic E-state index is 0.330. The number of hydrogen-bond donors (Lipinski definition) is 0. The van der Waals surface area contributed by atoms with Crippen LogP contribution in [0, 0.1) is 6.92 Å². The molecule has 1 unspecified atom stereocenters. The van der Waals surface area contributed by atoms with Crippen molar-refractivity contribution in [3.05, 3.63) is 35.4 Å². The third-order valence-corrected chi connectivity index (χ3v) is 4.32. The summed E-state index contributed by atoms with van der Waals surface area (Å²) >= 11 is 0. The Labute approximate surface area is 121 Å². The highest BCUT2D eigenvalue weighted by Gasteiger charge is 2.24. The summed E-state index contributed by atoms with van der Waals surface area (Å²) in [5.74, 6) is 0.705. The van der Waals surface area contributed by atoms with E-state index in [1.807, 2.05) is 0 Å². The van der Waals surface area contributed by atoms with Crippen LogP contribution in [0.2, 0.25) is 0 Å². The van der Waals surface area contributed by atoms with Crippen LogP contribution in [0.5, 0.6) is 0 Å². The number of rotatable bonds is 6. The fraction of sp³-hybridized carbons (Fsp3) is 0.647. The fourth-order valence-corrected chi connectivity index (χ4v) is 2.89. The van der Waals surface area contributed by atoms with Crippen molar-refractivity contribution in [2.75, 3.05) is 20.0 Å². The molecule has 0 N–H and O–H groups in total. The first-order valence-electron chi connectivity index (χ1n) is 7.69. The first-order chi connectivity index (χ1) is 9.81. The van der Waals surface area contributed by atoms with Crippen LogP contribution < -0.4 is 0 Å². The molecule has 110 valence electrons. The second kappa shape index (κ2) is 6.70. The van der Waals surface area contributed by atoms with Crippen LogP contribution >= 0.6 is 0 Å². The minimum Gasteiger partial charge on any atom is -0.371 e. The van der Waals surface area contributed by atoms with E-state index >= 15 is 0 Å². The molecule has 1 saturated heterocycles. The van der Waals surface area contributed by atoms with E-state index in [0.29, 0.717) is 31.5 Å². The summed E-state index contributed by atoms with van der Waals surface area (Å²) in [7, 11) is 0. The summed E-state index contributed by atoms with van der Waals surface area (Å²) in [5.41, 5.74) is 2.82. The number of hydrogen-bond acceptors (Lipinski definition) is 3. The van der Waals surface area contributed by atoms with Gasteiger partial charge in [0.05, 0.1) is 19.3 Å². The van der Waals surface area contributed by atoms with Crippen molar-refractivity contribution in [1.82, 2.24) is 0 Å². The molecule has 0 amide bonds. The quantitative estimate of drug-likeness (QED) is 0.453. The molecule has 1 aliphatic heterocycles. The van der Waals surface area contributed by atoms with E-state index in [9.17, 15) is 0 Å². The van der Waals surface area contributed by atoms with Crippen molar-refractivity contribution in [2.24, 2.45) is 0 Å². The Morgan fingerprint density at radius 3 is 2.45 bits per heavy atom. The number of benzene rings is 1. The Morgan fingerprint density at radius 1 is 1.10 bits per heavy atom. The van der Waals surface area contributed by atoms with Crippen molar-refractivity contribution < 1.29 is 14.2 Å². The van der Waals surface area contributed by atoms with Gasteiger partial charge in [-0.1, -0.05) is 29.8 Å². The average molecular weight is 276 g/mol. The van der Waals surface area contributed by atoms with Crippen LogP contribution in [0.1, 0.15) is 42.7 Å². The summed E-state index contributed by atoms with van der Waals surface area (Å²) < 4.78 is 16.3. The number of epoxide rings is 1. The number of aryl methyl sites for hydroxylation is 1. The van der Waals surface area contributed by atoms with Crippen LogP contribution in [0.25, 0.3) is 0 Å². The Morgan fingerprint density at radius 2 is 1.80 bits per heavy atom. The van der Waals surface area contributed by atoms with Crippen LogP contribution in [-0.4, -0.2) is 32.2 Å². The molecule has 0 radical (unpaired) electrons. The van der Waals surface area contributed by atoms with Crippen LogP contribution in [0.3, 0.4) is 0 Å². The molecule has 0 bridgehead atoms. The third-order valence-electron chi connectivity index (χ3n) is 4.32. The lowest BCUT2D eigenvalue weighted by molar-refractivity contribution is -0.102. The van der Waals surface area contributed by atoms with Gasteiger partial charge in [0.1, 0.15) is 12.9 Å². The lowest BCUT2D eigenvalue weighted by Crippen LogP contribution is -2.22. The van der Waals surface area contributed by atoms with Crippen LogP contribution in [0.15, 0.2) is 24.3 Å². The molecule has 3 heteroatoms. The third kappa shape index (κ3) is 4.05. The summed E-state index contributed by atoms with van der Waals surface area (Å²) in [6.45, 7) is 4.08. The molecule has 1 saturated carbocycles. The van der Waals surface area contributed by atoms with Gasteiger partial charge in [-0.15, -0.1) is 0 Å². The molecule has 0 aromatic heterocycles. The number of ether oxygens (including phenoxy) is 3. The molecule has 2 fully saturated rings. The highest BCUT2D eigenvalue weighted by Crippen LogP contribution is 2.34. The van der Waals surface area contributed by atoms with E-state index in [1.165, 1.54) is 24.0 Å². The van der Waals surface area contributed by atoms with Gasteiger partial charge in [-0.05, 0) is 44.1 Å². The summed E-state index contributed by atoms with van der Waals surface area (Å²) in [4.78, 5) is 0. The Balaban J connectivity index is 1.36. The monoisotopic (exact) mass is 276 g/mol. The SMILES string of the molecule is Cc1ccc(C2CCC(OCOCC3CO3)CC2)cc1. The van der Waals surface area contributed by atoms with Gasteiger partial charge in [0.2, 0.25) is 0 Å². The molecular formula is C17H24O3. The van der Waals surface area contributed by atoms with Crippen LogP contribution in [0.4, 0.5) is 0 Å². The second-order valence-corrected chi connectivity index (χ2v) is 5.99. The van der Waals surface area contributed by atoms with Crippen LogP contribution in [-0.2, 0) is 14.2 Å². The highest BCUT2D eigenvalue weighted by molar-refractivity contribution is 5.24. The molecule has 0 spiro atoms. The van der Waals surface area contributed by atoms with Gasteiger partial charge in [0.15, 0.2) is 0 Å². The molecule has 3 nitrogen and oxygen atoms in total. The molecule has 1 heterocycles.